The molecule has 1 atom stereocenters. The zero-order chi connectivity index (χ0) is 18.0. The molecule has 0 bridgehead atoms. The first-order chi connectivity index (χ1) is 12.0. The summed E-state index contributed by atoms with van der Waals surface area (Å²) >= 11 is 1.56. The van der Waals surface area contributed by atoms with Crippen LogP contribution in [0.1, 0.15) is 27.0 Å². The highest BCUT2D eigenvalue weighted by molar-refractivity contribution is 7.18. The molecule has 1 N–H and O–H groups in total. The van der Waals surface area contributed by atoms with Crippen molar-refractivity contribution < 1.29 is 9.18 Å². The van der Waals surface area contributed by atoms with Crippen molar-refractivity contribution in [1.82, 2.24) is 15.2 Å². The molecule has 1 aromatic heterocycles. The van der Waals surface area contributed by atoms with E-state index in [0.717, 1.165) is 15.2 Å². The fraction of sp³-hybridized carbons (Fsp3) is 0.263. The van der Waals surface area contributed by atoms with Gasteiger partial charge in [0.25, 0.3) is 5.91 Å². The molecule has 0 aliphatic heterocycles. The Morgan fingerprint density at radius 1 is 1.28 bits per heavy atom. The molecule has 0 spiro atoms. The quantitative estimate of drug-likeness (QED) is 0.756. The van der Waals surface area contributed by atoms with Crippen LogP contribution in [0.3, 0.4) is 0 Å². The highest BCUT2D eigenvalue weighted by atomic mass is 32.1. The molecule has 0 saturated carbocycles. The molecule has 0 fully saturated rings. The van der Waals surface area contributed by atoms with Crippen LogP contribution in [0, 0.1) is 12.7 Å². The van der Waals surface area contributed by atoms with Crippen molar-refractivity contribution in [2.24, 2.45) is 0 Å². The summed E-state index contributed by atoms with van der Waals surface area (Å²) in [5, 5.41) is 3.89. The summed E-state index contributed by atoms with van der Waals surface area (Å²) in [4.78, 5) is 18.8. The Hall–Kier alpha value is -2.31. The molecule has 2 aromatic carbocycles. The van der Waals surface area contributed by atoms with Crippen LogP contribution < -0.4 is 5.32 Å². The number of nitrogens with one attached hydrogen (secondary N) is 1. The first-order valence-corrected chi connectivity index (χ1v) is 8.83. The van der Waals surface area contributed by atoms with Gasteiger partial charge in [0.15, 0.2) is 0 Å². The first-order valence-electron chi connectivity index (χ1n) is 8.02. The Labute approximate surface area is 150 Å². The van der Waals surface area contributed by atoms with Crippen LogP contribution >= 0.6 is 11.3 Å². The Morgan fingerprint density at radius 2 is 2.04 bits per heavy atom. The summed E-state index contributed by atoms with van der Waals surface area (Å²) in [5.74, 6) is -0.437. The topological polar surface area (TPSA) is 45.2 Å². The molecular weight excluding hydrogens is 337 g/mol. The summed E-state index contributed by atoms with van der Waals surface area (Å²) in [6.07, 6.45) is 0. The number of benzene rings is 2. The number of carbonyl (C=O) groups is 1. The van der Waals surface area contributed by atoms with E-state index in [1.165, 1.54) is 6.07 Å². The molecule has 4 nitrogen and oxygen atoms in total. The Morgan fingerprint density at radius 3 is 2.76 bits per heavy atom. The van der Waals surface area contributed by atoms with Gasteiger partial charge in [0.05, 0.1) is 21.3 Å². The molecule has 1 heterocycles. The van der Waals surface area contributed by atoms with E-state index >= 15 is 0 Å². The number of amides is 1. The second kappa shape index (κ2) is 7.29. The second-order valence-electron chi connectivity index (χ2n) is 6.13. The fourth-order valence-corrected chi connectivity index (χ4v) is 3.65. The smallest absolute Gasteiger partial charge is 0.251 e. The van der Waals surface area contributed by atoms with Crippen LogP contribution in [0.5, 0.6) is 0 Å². The minimum Gasteiger partial charge on any atom is -0.350 e. The normalized spacial score (nSPS) is 12.5. The third kappa shape index (κ3) is 3.86. The van der Waals surface area contributed by atoms with Gasteiger partial charge in [-0.1, -0.05) is 18.2 Å². The van der Waals surface area contributed by atoms with E-state index in [-0.39, 0.29) is 17.8 Å². The summed E-state index contributed by atoms with van der Waals surface area (Å²) in [5.41, 5.74) is 2.06. The Balaban J connectivity index is 1.75. The number of hydrogen-bond acceptors (Lipinski definition) is 4. The minimum atomic E-state index is -0.267. The lowest BCUT2D eigenvalue weighted by molar-refractivity contribution is 0.0941. The minimum absolute atomic E-state index is 0.170. The third-order valence-electron chi connectivity index (χ3n) is 4.10. The number of nitrogens with zero attached hydrogens (tertiary/aromatic N) is 2. The molecule has 0 aliphatic carbocycles. The molecule has 0 saturated heterocycles. The Kier molecular flexibility index (Phi) is 5.11. The summed E-state index contributed by atoms with van der Waals surface area (Å²) in [7, 11) is 3.74. The van der Waals surface area contributed by atoms with E-state index in [9.17, 15) is 9.18 Å². The van der Waals surface area contributed by atoms with Crippen LogP contribution in [0.15, 0.2) is 42.5 Å². The number of rotatable bonds is 5. The van der Waals surface area contributed by atoms with Crippen molar-refractivity contribution in [3.05, 3.63) is 64.4 Å². The van der Waals surface area contributed by atoms with Crippen molar-refractivity contribution in [2.45, 2.75) is 13.0 Å². The second-order valence-corrected chi connectivity index (χ2v) is 7.36. The Bertz CT molecular complexity index is 907. The van der Waals surface area contributed by atoms with Gasteiger partial charge in [0, 0.05) is 17.7 Å². The van der Waals surface area contributed by atoms with Gasteiger partial charge < -0.3 is 10.2 Å². The molecule has 3 aromatic rings. The zero-order valence-corrected chi connectivity index (χ0v) is 15.2. The predicted octanol–water partition coefficient (Wildman–Crippen LogP) is 3.78. The third-order valence-corrected chi connectivity index (χ3v) is 5.03. The maximum Gasteiger partial charge on any atom is 0.251 e. The van der Waals surface area contributed by atoms with Gasteiger partial charge in [-0.05, 0) is 45.3 Å². The molecule has 3 rings (SSSR count). The highest BCUT2D eigenvalue weighted by Gasteiger charge is 2.19. The number of fused-ring (bicyclic) bond motifs is 1. The maximum absolute atomic E-state index is 14.1. The molecule has 1 unspecified atom stereocenters. The lowest BCUT2D eigenvalue weighted by Gasteiger charge is -2.25. The van der Waals surface area contributed by atoms with Gasteiger partial charge in [0.1, 0.15) is 5.82 Å². The van der Waals surface area contributed by atoms with E-state index in [1.807, 2.05) is 38.1 Å². The van der Waals surface area contributed by atoms with Crippen molar-refractivity contribution in [3.63, 3.8) is 0 Å². The number of aromatic nitrogens is 1. The van der Waals surface area contributed by atoms with E-state index < -0.39 is 0 Å². The monoisotopic (exact) mass is 357 g/mol. The first kappa shape index (κ1) is 17.5. The molecule has 130 valence electrons. The van der Waals surface area contributed by atoms with Gasteiger partial charge in [-0.15, -0.1) is 11.3 Å². The summed E-state index contributed by atoms with van der Waals surface area (Å²) in [6, 6.07) is 11.9. The molecule has 1 amide bonds. The average Bonchev–Trinajstić information content (AvgIpc) is 2.95. The number of hydrogen-bond donors (Lipinski definition) is 1. The lowest BCUT2D eigenvalue weighted by atomic mass is 10.1. The molecule has 6 heteroatoms. The van der Waals surface area contributed by atoms with Crippen LogP contribution in [-0.4, -0.2) is 36.4 Å². The zero-order valence-electron chi connectivity index (χ0n) is 14.4. The van der Waals surface area contributed by atoms with E-state index in [4.69, 9.17) is 0 Å². The van der Waals surface area contributed by atoms with Gasteiger partial charge >= 0.3 is 0 Å². The number of halogens is 1. The highest BCUT2D eigenvalue weighted by Crippen LogP contribution is 2.23. The van der Waals surface area contributed by atoms with E-state index in [0.29, 0.717) is 17.7 Å². The van der Waals surface area contributed by atoms with Gasteiger partial charge in [-0.3, -0.25) is 4.79 Å². The summed E-state index contributed by atoms with van der Waals surface area (Å²) in [6.45, 7) is 2.27. The van der Waals surface area contributed by atoms with Gasteiger partial charge in [-0.25, -0.2) is 9.37 Å². The van der Waals surface area contributed by atoms with Crippen molar-refractivity contribution in [3.8, 4) is 0 Å². The van der Waals surface area contributed by atoms with E-state index in [1.54, 1.807) is 35.6 Å². The van der Waals surface area contributed by atoms with Crippen LogP contribution in [0.25, 0.3) is 10.2 Å². The van der Waals surface area contributed by atoms with Crippen LogP contribution in [0.4, 0.5) is 4.39 Å². The van der Waals surface area contributed by atoms with E-state index in [2.05, 4.69) is 10.3 Å². The van der Waals surface area contributed by atoms with Crippen molar-refractivity contribution in [1.29, 1.82) is 0 Å². The van der Waals surface area contributed by atoms with Gasteiger partial charge in [-0.2, -0.15) is 0 Å². The SMILES string of the molecule is Cc1nc2ccc(C(=O)NCC(c3ccccc3F)N(C)C)cc2s1. The number of likely N-dealkylation sites (N-methyl/N-ethyl adjacent to an activating group) is 1. The van der Waals surface area contributed by atoms with Crippen molar-refractivity contribution in [2.75, 3.05) is 20.6 Å². The predicted molar refractivity (Wildman–Crippen MR) is 99.5 cm³/mol. The molecule has 0 aliphatic rings. The van der Waals surface area contributed by atoms with Crippen molar-refractivity contribution >= 4 is 27.5 Å². The van der Waals surface area contributed by atoms with Crippen LogP contribution in [0.2, 0.25) is 0 Å². The standard InChI is InChI=1S/C19H20FN3OS/c1-12-22-16-9-8-13(10-18(16)25-12)19(24)21-11-17(23(2)3)14-6-4-5-7-15(14)20/h4-10,17H,11H2,1-3H3,(H,21,24). The van der Waals surface area contributed by atoms with Gasteiger partial charge in [0.2, 0.25) is 0 Å². The fourth-order valence-electron chi connectivity index (χ4n) is 2.79. The maximum atomic E-state index is 14.1. The number of aryl methyl sites for hydroxylation is 1. The lowest BCUT2D eigenvalue weighted by Crippen LogP contribution is -2.35. The summed E-state index contributed by atoms with van der Waals surface area (Å²) < 4.78 is 15.1. The van der Waals surface area contributed by atoms with Crippen LogP contribution in [-0.2, 0) is 0 Å². The number of thiazole rings is 1. The molecule has 0 radical (unpaired) electrons. The molecule has 25 heavy (non-hydrogen) atoms. The number of carbonyl (C=O) groups excluding carboxylic acids is 1. The molecular formula is C19H20FN3OS. The largest absolute Gasteiger partial charge is 0.350 e. The average molecular weight is 357 g/mol.